The third-order valence-electron chi connectivity index (χ3n) is 8.97. The lowest BCUT2D eigenvalue weighted by Crippen LogP contribution is -2.57. The van der Waals surface area contributed by atoms with E-state index in [1.165, 1.54) is 5.57 Å². The molecule has 0 unspecified atom stereocenters. The molecule has 0 amide bonds. The lowest BCUT2D eigenvalue weighted by Gasteiger charge is -2.56. The summed E-state index contributed by atoms with van der Waals surface area (Å²) < 4.78 is 0. The second-order valence-corrected chi connectivity index (χ2v) is 10.2. The van der Waals surface area contributed by atoms with E-state index in [9.17, 15) is 14.7 Å². The Kier molecular flexibility index (Phi) is 4.25. The van der Waals surface area contributed by atoms with Crippen LogP contribution in [0.5, 0.6) is 0 Å². The molecule has 0 saturated heterocycles. The Morgan fingerprint density at radius 3 is 2.77 bits per heavy atom. The van der Waals surface area contributed by atoms with Crippen molar-refractivity contribution in [1.82, 2.24) is 0 Å². The Balaban J connectivity index is 1.74. The smallest absolute Gasteiger partial charge is 0.179 e. The molecule has 0 aromatic carbocycles. The average molecular weight is 379 g/mol. The monoisotopic (exact) mass is 378 g/mol. The van der Waals surface area contributed by atoms with Crippen LogP contribution in [-0.4, -0.2) is 28.2 Å². The van der Waals surface area contributed by atoms with E-state index in [0.29, 0.717) is 30.0 Å². The van der Waals surface area contributed by atoms with Gasteiger partial charge < -0.3 is 5.11 Å². The molecule has 3 fully saturated rings. The Hall–Kier alpha value is -0.670. The maximum Gasteiger partial charge on any atom is 0.179 e. The van der Waals surface area contributed by atoms with E-state index in [-0.39, 0.29) is 23.0 Å². The number of carbonyl (C=O) groups is 2. The summed E-state index contributed by atoms with van der Waals surface area (Å²) in [6.45, 7) is 6.48. The standard InChI is InChI=1S/C22H31ClO3/c1-13-10-18-16-5-4-14-11-15(24)6-8-20(14,2)17(16)7-9-21(18,3)22(13,26)19(25)12-23/h7,13-14,16,18,26H,4-6,8-12H2,1-3H3/t13-,14-,16-,18+,20+,21+,22+/m1/s1. The number of rotatable bonds is 2. The van der Waals surface area contributed by atoms with Crippen LogP contribution < -0.4 is 0 Å². The van der Waals surface area contributed by atoms with E-state index < -0.39 is 11.0 Å². The number of halogens is 1. The van der Waals surface area contributed by atoms with Gasteiger partial charge in [0.25, 0.3) is 0 Å². The molecule has 26 heavy (non-hydrogen) atoms. The number of allylic oxidation sites excluding steroid dienone is 2. The fourth-order valence-corrected chi connectivity index (χ4v) is 7.56. The summed E-state index contributed by atoms with van der Waals surface area (Å²) in [5.74, 6) is 1.26. The van der Waals surface area contributed by atoms with Crippen molar-refractivity contribution in [2.75, 3.05) is 5.88 Å². The highest BCUT2D eigenvalue weighted by molar-refractivity contribution is 6.29. The van der Waals surface area contributed by atoms with Gasteiger partial charge in [0.2, 0.25) is 0 Å². The lowest BCUT2D eigenvalue weighted by molar-refractivity contribution is -0.156. The highest BCUT2D eigenvalue weighted by atomic mass is 35.5. The van der Waals surface area contributed by atoms with Gasteiger partial charge in [0.05, 0.1) is 5.88 Å². The van der Waals surface area contributed by atoms with Crippen molar-refractivity contribution >= 4 is 23.2 Å². The van der Waals surface area contributed by atoms with Gasteiger partial charge in [-0.1, -0.05) is 32.4 Å². The SMILES string of the molecule is C[C@@H]1C[C@H]2[C@@H]3CC[C@@H]4CC(=O)CC[C@]4(C)C3=CC[C@]2(C)[C@@]1(O)C(=O)CCl. The number of hydrogen-bond acceptors (Lipinski definition) is 3. The summed E-state index contributed by atoms with van der Waals surface area (Å²) in [6.07, 6.45) is 8.53. The molecular weight excluding hydrogens is 348 g/mol. The first-order valence-corrected chi connectivity index (χ1v) is 10.8. The minimum Gasteiger partial charge on any atom is -0.381 e. The normalized spacial score (nSPS) is 50.5. The van der Waals surface area contributed by atoms with Crippen LogP contribution in [0, 0.1) is 34.5 Å². The predicted molar refractivity (Wildman–Crippen MR) is 102 cm³/mol. The van der Waals surface area contributed by atoms with Gasteiger partial charge in [0.15, 0.2) is 5.78 Å². The van der Waals surface area contributed by atoms with Crippen molar-refractivity contribution in [3.63, 3.8) is 0 Å². The Bertz CT molecular complexity index is 685. The fraction of sp³-hybridized carbons (Fsp3) is 0.818. The second kappa shape index (κ2) is 5.91. The quantitative estimate of drug-likeness (QED) is 0.575. The van der Waals surface area contributed by atoms with Crippen molar-refractivity contribution in [2.45, 2.75) is 71.3 Å². The average Bonchev–Trinajstić information content (AvgIpc) is 2.83. The van der Waals surface area contributed by atoms with Gasteiger partial charge in [-0.2, -0.15) is 0 Å². The largest absolute Gasteiger partial charge is 0.381 e. The molecule has 3 nitrogen and oxygen atoms in total. The summed E-state index contributed by atoms with van der Waals surface area (Å²) in [7, 11) is 0. The Morgan fingerprint density at radius 1 is 1.35 bits per heavy atom. The first kappa shape index (κ1) is 18.7. The molecule has 144 valence electrons. The van der Waals surface area contributed by atoms with Gasteiger partial charge in [-0.25, -0.2) is 0 Å². The van der Waals surface area contributed by atoms with E-state index in [4.69, 9.17) is 11.6 Å². The van der Waals surface area contributed by atoms with Crippen molar-refractivity contribution in [3.8, 4) is 0 Å². The molecule has 4 heteroatoms. The summed E-state index contributed by atoms with van der Waals surface area (Å²) in [5, 5.41) is 11.5. The number of aliphatic hydroxyl groups is 1. The molecule has 4 rings (SSSR count). The summed E-state index contributed by atoms with van der Waals surface area (Å²) in [6, 6.07) is 0. The van der Waals surface area contributed by atoms with Crippen molar-refractivity contribution in [2.24, 2.45) is 34.5 Å². The molecule has 7 atom stereocenters. The van der Waals surface area contributed by atoms with Crippen molar-refractivity contribution < 1.29 is 14.7 Å². The third-order valence-corrected chi connectivity index (χ3v) is 9.21. The zero-order valence-corrected chi connectivity index (χ0v) is 16.9. The van der Waals surface area contributed by atoms with E-state index in [1.807, 2.05) is 6.92 Å². The molecule has 3 saturated carbocycles. The van der Waals surface area contributed by atoms with Gasteiger partial charge in [-0.05, 0) is 61.2 Å². The molecule has 1 N–H and O–H groups in total. The van der Waals surface area contributed by atoms with Gasteiger partial charge in [-0.3, -0.25) is 9.59 Å². The van der Waals surface area contributed by atoms with Gasteiger partial charge >= 0.3 is 0 Å². The molecule has 4 aliphatic rings. The minimum atomic E-state index is -1.32. The van der Waals surface area contributed by atoms with Crippen LogP contribution in [0.1, 0.15) is 65.7 Å². The first-order chi connectivity index (χ1) is 12.2. The van der Waals surface area contributed by atoms with Gasteiger partial charge in [0.1, 0.15) is 11.4 Å². The van der Waals surface area contributed by atoms with Crippen molar-refractivity contribution in [3.05, 3.63) is 11.6 Å². The van der Waals surface area contributed by atoms with E-state index >= 15 is 0 Å². The molecule has 0 radical (unpaired) electrons. The second-order valence-electron chi connectivity index (χ2n) is 9.89. The summed E-state index contributed by atoms with van der Waals surface area (Å²) >= 11 is 5.89. The molecule has 0 aromatic heterocycles. The number of hydrogen-bond donors (Lipinski definition) is 1. The van der Waals surface area contributed by atoms with Crippen LogP contribution in [0.25, 0.3) is 0 Å². The summed E-state index contributed by atoms with van der Waals surface area (Å²) in [5.41, 5.74) is -0.0981. The Labute approximate surface area is 161 Å². The maximum atomic E-state index is 12.7. The zero-order valence-electron chi connectivity index (χ0n) is 16.2. The molecule has 0 spiro atoms. The third kappa shape index (κ3) is 2.16. The molecule has 0 heterocycles. The topological polar surface area (TPSA) is 54.4 Å². The van der Waals surface area contributed by atoms with E-state index in [2.05, 4.69) is 19.9 Å². The number of ketones is 2. The highest BCUT2D eigenvalue weighted by Crippen LogP contribution is 2.67. The van der Waals surface area contributed by atoms with Crippen LogP contribution in [0.4, 0.5) is 0 Å². The Morgan fingerprint density at radius 2 is 2.08 bits per heavy atom. The summed E-state index contributed by atoms with van der Waals surface area (Å²) in [4.78, 5) is 24.6. The number of alkyl halides is 1. The van der Waals surface area contributed by atoms with Crippen LogP contribution in [-0.2, 0) is 9.59 Å². The van der Waals surface area contributed by atoms with Crippen LogP contribution >= 0.6 is 11.6 Å². The molecular formula is C22H31ClO3. The maximum absolute atomic E-state index is 12.7. The van der Waals surface area contributed by atoms with Crippen LogP contribution in [0.2, 0.25) is 0 Å². The molecule has 0 aliphatic heterocycles. The molecule has 4 aliphatic carbocycles. The minimum absolute atomic E-state index is 0.0602. The van der Waals surface area contributed by atoms with Gasteiger partial charge in [0, 0.05) is 18.3 Å². The van der Waals surface area contributed by atoms with Crippen molar-refractivity contribution in [1.29, 1.82) is 0 Å². The van der Waals surface area contributed by atoms with Crippen LogP contribution in [0.3, 0.4) is 0 Å². The van der Waals surface area contributed by atoms with Crippen LogP contribution in [0.15, 0.2) is 11.6 Å². The molecule has 0 aromatic rings. The predicted octanol–water partition coefficient (Wildman–Crippen LogP) is 4.30. The molecule has 0 bridgehead atoms. The first-order valence-electron chi connectivity index (χ1n) is 10.2. The lowest BCUT2D eigenvalue weighted by atomic mass is 9.48. The van der Waals surface area contributed by atoms with Gasteiger partial charge in [-0.15, -0.1) is 11.6 Å². The number of carbonyl (C=O) groups excluding carboxylic acids is 2. The zero-order chi connectivity index (χ0) is 18.9. The van der Waals surface area contributed by atoms with E-state index in [0.717, 1.165) is 38.5 Å². The fourth-order valence-electron chi connectivity index (χ4n) is 7.36. The highest BCUT2D eigenvalue weighted by Gasteiger charge is 2.67. The van der Waals surface area contributed by atoms with E-state index in [1.54, 1.807) is 0 Å². The number of fused-ring (bicyclic) bond motifs is 5. The number of Topliss-reactive ketones (excluding diaryl/α,β-unsaturated/α-hetero) is 2.